The highest BCUT2D eigenvalue weighted by Crippen LogP contribution is 2.42. The van der Waals surface area contributed by atoms with E-state index in [1.165, 1.54) is 22.3 Å². The van der Waals surface area contributed by atoms with E-state index in [4.69, 9.17) is 26.1 Å². The number of piperidine rings is 2. The molecule has 5 amide bonds. The molecule has 0 bridgehead atoms. The summed E-state index contributed by atoms with van der Waals surface area (Å²) < 4.78 is 26.4. The van der Waals surface area contributed by atoms with E-state index in [1.54, 1.807) is 36.5 Å². The number of pyridine rings is 1. The van der Waals surface area contributed by atoms with E-state index in [0.29, 0.717) is 67.9 Å². The van der Waals surface area contributed by atoms with Crippen molar-refractivity contribution in [3.05, 3.63) is 93.8 Å². The Balaban J connectivity index is 0.756. The van der Waals surface area contributed by atoms with Gasteiger partial charge in [-0.1, -0.05) is 29.8 Å². The summed E-state index contributed by atoms with van der Waals surface area (Å²) in [6.07, 6.45) is 6.25. The van der Waals surface area contributed by atoms with Crippen molar-refractivity contribution in [1.29, 1.82) is 0 Å². The van der Waals surface area contributed by atoms with Crippen LogP contribution in [0.5, 0.6) is 5.75 Å². The molecule has 0 spiro atoms. The van der Waals surface area contributed by atoms with Gasteiger partial charge in [0.2, 0.25) is 23.6 Å². The Bertz CT molecular complexity index is 2360. The van der Waals surface area contributed by atoms with Gasteiger partial charge in [0.15, 0.2) is 16.7 Å². The topological polar surface area (TPSA) is 196 Å². The molecule has 1 saturated carbocycles. The normalized spacial score (nSPS) is 21.4. The van der Waals surface area contributed by atoms with Gasteiger partial charge < -0.3 is 40.5 Å². The van der Waals surface area contributed by atoms with E-state index < -0.39 is 23.2 Å². The van der Waals surface area contributed by atoms with Gasteiger partial charge in [0.1, 0.15) is 18.5 Å². The first-order valence-electron chi connectivity index (χ1n) is 22.1. The first-order chi connectivity index (χ1) is 31.5. The van der Waals surface area contributed by atoms with E-state index in [9.17, 15) is 28.4 Å². The molecule has 5 N–H and O–H groups in total. The van der Waals surface area contributed by atoms with Gasteiger partial charge in [-0.15, -0.1) is 11.3 Å². The highest BCUT2D eigenvalue weighted by Gasteiger charge is 2.44. The van der Waals surface area contributed by atoms with Gasteiger partial charge in [-0.3, -0.25) is 29.3 Å². The second-order valence-corrected chi connectivity index (χ2v) is 18.3. The van der Waals surface area contributed by atoms with Crippen LogP contribution in [-0.2, 0) is 36.9 Å². The van der Waals surface area contributed by atoms with Gasteiger partial charge in [0, 0.05) is 92.2 Å². The number of thiazole rings is 1. The monoisotopic (exact) mass is 929 g/mol. The Morgan fingerprint density at radius 2 is 1.78 bits per heavy atom. The average Bonchev–Trinajstić information content (AvgIpc) is 3.94. The van der Waals surface area contributed by atoms with Crippen molar-refractivity contribution in [3.8, 4) is 5.75 Å². The number of hydrogen-bond donors (Lipinski definition) is 5. The van der Waals surface area contributed by atoms with Crippen molar-refractivity contribution in [1.82, 2.24) is 35.7 Å². The van der Waals surface area contributed by atoms with Gasteiger partial charge in [0.25, 0.3) is 5.91 Å². The Kier molecular flexibility index (Phi) is 15.0. The lowest BCUT2D eigenvalue weighted by Gasteiger charge is -2.41. The molecule has 2 saturated heterocycles. The fourth-order valence-electron chi connectivity index (χ4n) is 9.09. The maximum atomic E-state index is 14.7. The number of rotatable bonds is 18. The third-order valence-corrected chi connectivity index (χ3v) is 13.6. The number of nitrogens with zero attached hydrogens (tertiary/aromatic N) is 4. The number of fused-ring (bicyclic) bond motifs is 1. The highest BCUT2D eigenvalue weighted by atomic mass is 35.5. The molecule has 8 rings (SSSR count). The Morgan fingerprint density at radius 1 is 0.985 bits per heavy atom. The van der Waals surface area contributed by atoms with Crippen molar-refractivity contribution in [2.75, 3.05) is 56.6 Å². The van der Waals surface area contributed by atoms with Gasteiger partial charge in [-0.25, -0.2) is 14.4 Å². The minimum atomic E-state index is -0.739. The fourth-order valence-corrected chi connectivity index (χ4v) is 9.79. The Morgan fingerprint density at radius 3 is 2.57 bits per heavy atom. The summed E-state index contributed by atoms with van der Waals surface area (Å²) in [5.74, 6) is -1.29. The molecule has 16 nitrogen and oxygen atoms in total. The number of benzene rings is 2. The van der Waals surface area contributed by atoms with Gasteiger partial charge >= 0.3 is 0 Å². The summed E-state index contributed by atoms with van der Waals surface area (Å²) in [6.45, 7) is 4.10. The van der Waals surface area contributed by atoms with Crippen LogP contribution < -0.4 is 31.3 Å². The van der Waals surface area contributed by atoms with E-state index in [2.05, 4.69) is 36.5 Å². The van der Waals surface area contributed by atoms with Gasteiger partial charge in [-0.05, 0) is 81.3 Å². The number of aromatic nitrogens is 2. The number of anilines is 3. The molecule has 3 fully saturated rings. The molecule has 3 aliphatic heterocycles. The summed E-state index contributed by atoms with van der Waals surface area (Å²) in [5, 5.41) is 17.8. The smallest absolute Gasteiger partial charge is 0.255 e. The molecule has 4 aliphatic rings. The van der Waals surface area contributed by atoms with Crippen molar-refractivity contribution >= 4 is 69.1 Å². The first-order valence-corrected chi connectivity index (χ1v) is 23.4. The zero-order chi connectivity index (χ0) is 45.3. The third-order valence-electron chi connectivity index (χ3n) is 12.6. The first kappa shape index (κ1) is 46.0. The molecule has 1 atom stereocenters. The van der Waals surface area contributed by atoms with E-state index in [1.807, 2.05) is 23.6 Å². The number of imide groups is 1. The highest BCUT2D eigenvalue weighted by molar-refractivity contribution is 7.13. The van der Waals surface area contributed by atoms with Crippen molar-refractivity contribution in [3.63, 3.8) is 0 Å². The minimum Gasteiger partial charge on any atom is -0.487 e. The molecule has 344 valence electrons. The van der Waals surface area contributed by atoms with Crippen molar-refractivity contribution in [2.45, 2.75) is 82.5 Å². The van der Waals surface area contributed by atoms with Gasteiger partial charge in [-0.2, -0.15) is 0 Å². The molecule has 19 heteroatoms. The van der Waals surface area contributed by atoms with E-state index >= 15 is 0 Å². The molecular weight excluding hydrogens is 877 g/mol. The molecule has 5 heterocycles. The summed E-state index contributed by atoms with van der Waals surface area (Å²) in [4.78, 5) is 77.3. The molecule has 0 radical (unpaired) electrons. The SMILES string of the molecule is O=C1CCC(N2Cc3c(NC(=O)COCCNCCN4CCC(NC(=O)C5(Cc6cccc(Nc7nccs7)n6)CCC(Oc6cccc(Cl)c6F)CC5)CC4)cccc3C2=O)C(=O)N1. The summed E-state index contributed by atoms with van der Waals surface area (Å²) in [5.41, 5.74) is 1.62. The van der Waals surface area contributed by atoms with Crippen LogP contribution in [0.25, 0.3) is 0 Å². The van der Waals surface area contributed by atoms with Crippen molar-refractivity contribution in [2.24, 2.45) is 5.41 Å². The van der Waals surface area contributed by atoms with Crippen LogP contribution in [0.1, 0.15) is 73.0 Å². The molecular formula is C46H53ClFN9O7S. The Hall–Kier alpha value is -5.53. The van der Waals surface area contributed by atoms with Crippen molar-refractivity contribution < 1.29 is 37.8 Å². The summed E-state index contributed by atoms with van der Waals surface area (Å²) in [7, 11) is 0. The number of carbonyl (C=O) groups excluding carboxylic acids is 5. The van der Waals surface area contributed by atoms with Crippen LogP contribution in [0.3, 0.4) is 0 Å². The van der Waals surface area contributed by atoms with Gasteiger partial charge in [0.05, 0.1) is 23.1 Å². The van der Waals surface area contributed by atoms with Crippen LogP contribution in [0.4, 0.5) is 21.0 Å². The molecule has 1 aliphatic carbocycles. The largest absolute Gasteiger partial charge is 0.487 e. The summed E-state index contributed by atoms with van der Waals surface area (Å²) >= 11 is 7.50. The zero-order valence-electron chi connectivity index (χ0n) is 35.9. The summed E-state index contributed by atoms with van der Waals surface area (Å²) in [6, 6.07) is 14.9. The molecule has 1 unspecified atom stereocenters. The van der Waals surface area contributed by atoms with E-state index in [0.717, 1.165) is 49.8 Å². The minimum absolute atomic E-state index is 0.00931. The maximum absolute atomic E-state index is 14.7. The van der Waals surface area contributed by atoms with Crippen LogP contribution in [-0.4, -0.2) is 113 Å². The number of nitrogens with one attached hydrogen (secondary N) is 5. The fraction of sp³-hybridized carbons (Fsp3) is 0.457. The molecule has 2 aromatic carbocycles. The molecule has 4 aromatic rings. The average molecular weight is 931 g/mol. The number of ether oxygens (including phenoxy) is 2. The lowest BCUT2D eigenvalue weighted by Crippen LogP contribution is -2.52. The standard InChI is InChI=1S/C46H53ClFN9O7S/c47-34-6-3-8-37(41(34)48)64-31-12-16-46(17-13-31,26-30-4-1-9-38(51-30)54-45-50-20-25-65-45)44(62)52-29-14-21-56(22-15-29)23-18-49-19-24-63-28-40(59)53-35-7-2-5-32-33(35)27-57(43(32)61)36-10-11-39(58)55-42(36)60/h1-9,20,25,29,31,36,49H,10-19,21-24,26-28H2,(H,52,62)(H,53,59)(H,50,51,54)(H,55,58,60). The lowest BCUT2D eigenvalue weighted by molar-refractivity contribution is -0.137. The second-order valence-electron chi connectivity index (χ2n) is 17.0. The Labute approximate surface area is 385 Å². The number of hydrogen-bond acceptors (Lipinski definition) is 13. The van der Waals surface area contributed by atoms with Crippen LogP contribution in [0.15, 0.2) is 66.2 Å². The predicted molar refractivity (Wildman–Crippen MR) is 242 cm³/mol. The maximum Gasteiger partial charge on any atom is 0.255 e. The quantitative estimate of drug-likeness (QED) is 0.0647. The van der Waals surface area contributed by atoms with E-state index in [-0.39, 0.29) is 72.5 Å². The number of amides is 5. The second kappa shape index (κ2) is 21.2. The lowest BCUT2D eigenvalue weighted by atomic mass is 9.69. The van der Waals surface area contributed by atoms with Crippen LogP contribution in [0.2, 0.25) is 5.02 Å². The number of carbonyl (C=O) groups is 5. The third kappa shape index (κ3) is 11.5. The zero-order valence-corrected chi connectivity index (χ0v) is 37.5. The molecule has 2 aromatic heterocycles. The number of halogens is 2. The molecule has 65 heavy (non-hydrogen) atoms. The van der Waals surface area contributed by atoms with Crippen LogP contribution >= 0.6 is 22.9 Å². The predicted octanol–water partition coefficient (Wildman–Crippen LogP) is 5.21. The van der Waals surface area contributed by atoms with Crippen LogP contribution in [0, 0.1) is 11.2 Å². The number of likely N-dealkylation sites (tertiary alicyclic amines) is 1.